The van der Waals surface area contributed by atoms with Crippen molar-refractivity contribution in [2.75, 3.05) is 19.6 Å². The van der Waals surface area contributed by atoms with E-state index in [-0.39, 0.29) is 23.0 Å². The van der Waals surface area contributed by atoms with E-state index in [9.17, 15) is 18.3 Å². The molecule has 4 aromatic rings. The number of halogens is 3. The maximum absolute atomic E-state index is 14.0. The minimum Gasteiger partial charge on any atom is -0.387 e. The lowest BCUT2D eigenvalue weighted by Gasteiger charge is -2.32. The molecular weight excluding hydrogens is 471 g/mol. The van der Waals surface area contributed by atoms with Gasteiger partial charge in [-0.15, -0.1) is 0 Å². The smallest absolute Gasteiger partial charge is 0.387 e. The van der Waals surface area contributed by atoms with E-state index >= 15 is 0 Å². The second-order valence-corrected chi connectivity index (χ2v) is 9.22. The predicted molar refractivity (Wildman–Crippen MR) is 127 cm³/mol. The first-order chi connectivity index (χ1) is 17.3. The van der Waals surface area contributed by atoms with Crippen LogP contribution in [0.1, 0.15) is 37.1 Å². The predicted octanol–water partition coefficient (Wildman–Crippen LogP) is 5.37. The van der Waals surface area contributed by atoms with E-state index in [0.717, 1.165) is 36.0 Å². The molecule has 3 heterocycles. The van der Waals surface area contributed by atoms with Crippen molar-refractivity contribution in [3.8, 4) is 28.5 Å². The molecule has 1 fully saturated rings. The molecular formula is C26H26F3N5O2. The Morgan fingerprint density at radius 1 is 1.11 bits per heavy atom. The number of aromatic nitrogens is 4. The fraction of sp³-hybridized carbons (Fsp3) is 0.346. The summed E-state index contributed by atoms with van der Waals surface area (Å²) in [7, 11) is 0. The van der Waals surface area contributed by atoms with Gasteiger partial charge in [-0.05, 0) is 43.0 Å². The Labute approximate surface area is 206 Å². The Kier molecular flexibility index (Phi) is 6.63. The molecule has 0 radical (unpaired) electrons. The summed E-state index contributed by atoms with van der Waals surface area (Å²) in [5, 5.41) is 18.5. The van der Waals surface area contributed by atoms with E-state index in [2.05, 4.69) is 27.1 Å². The Bertz CT molecular complexity index is 1300. The summed E-state index contributed by atoms with van der Waals surface area (Å²) in [5.74, 6) is 0.498. The first-order valence-corrected chi connectivity index (χ1v) is 11.8. The van der Waals surface area contributed by atoms with E-state index in [1.54, 1.807) is 42.5 Å². The zero-order valence-electron chi connectivity index (χ0n) is 19.7. The number of hydrogen-bond donors (Lipinski definition) is 1. The van der Waals surface area contributed by atoms with Gasteiger partial charge in [0.25, 0.3) is 5.89 Å². The van der Waals surface area contributed by atoms with Crippen molar-refractivity contribution in [3.05, 3.63) is 72.1 Å². The molecule has 0 spiro atoms. The Morgan fingerprint density at radius 3 is 2.56 bits per heavy atom. The van der Waals surface area contributed by atoms with Crippen LogP contribution in [-0.2, 0) is 6.18 Å². The van der Waals surface area contributed by atoms with Crippen molar-refractivity contribution in [1.82, 2.24) is 24.8 Å². The summed E-state index contributed by atoms with van der Waals surface area (Å²) in [6.07, 6.45) is -1.91. The molecule has 0 saturated carbocycles. The van der Waals surface area contributed by atoms with Crippen molar-refractivity contribution in [3.63, 3.8) is 0 Å². The normalized spacial score (nSPS) is 17.9. The molecule has 7 nitrogen and oxygen atoms in total. The molecule has 0 amide bonds. The first kappa shape index (κ1) is 24.2. The summed E-state index contributed by atoms with van der Waals surface area (Å²) in [6.45, 7) is 4.73. The van der Waals surface area contributed by atoms with Gasteiger partial charge in [0.05, 0.1) is 23.6 Å². The highest BCUT2D eigenvalue weighted by Crippen LogP contribution is 2.38. The topological polar surface area (TPSA) is 80.2 Å². The SMILES string of the molecule is CC1CCCN(CC(O)c2ccc(-c3noc(-c4cnn(-c5ccccc5)c4C(F)(F)F)n3)cc2)C1. The lowest BCUT2D eigenvalue weighted by Crippen LogP contribution is -2.37. The number of alkyl halides is 3. The van der Waals surface area contributed by atoms with Crippen molar-refractivity contribution in [2.45, 2.75) is 32.0 Å². The van der Waals surface area contributed by atoms with E-state index < -0.39 is 18.0 Å². The van der Waals surface area contributed by atoms with Gasteiger partial charge in [0.2, 0.25) is 5.82 Å². The second-order valence-electron chi connectivity index (χ2n) is 9.22. The molecule has 1 aliphatic rings. The Balaban J connectivity index is 1.37. The van der Waals surface area contributed by atoms with Gasteiger partial charge in [-0.25, -0.2) is 4.68 Å². The lowest BCUT2D eigenvalue weighted by molar-refractivity contribution is -0.142. The minimum atomic E-state index is -4.69. The van der Waals surface area contributed by atoms with Crippen LogP contribution in [0.2, 0.25) is 0 Å². The number of likely N-dealkylation sites (tertiary alicyclic amines) is 1. The molecule has 0 aliphatic carbocycles. The molecule has 1 aliphatic heterocycles. The van der Waals surface area contributed by atoms with Crippen LogP contribution in [0.3, 0.4) is 0 Å². The first-order valence-electron chi connectivity index (χ1n) is 11.8. The quantitative estimate of drug-likeness (QED) is 0.386. The van der Waals surface area contributed by atoms with Crippen molar-refractivity contribution in [2.24, 2.45) is 5.92 Å². The standard InChI is InChI=1S/C26H26F3N5O2/c1-17-6-5-13-33(15-17)16-22(35)18-9-11-19(12-10-18)24-31-25(36-32-24)21-14-30-34(23(21)26(27,28)29)20-7-3-2-4-8-20/h2-4,7-12,14,17,22,35H,5-6,13,15-16H2,1H3. The summed E-state index contributed by atoms with van der Waals surface area (Å²) >= 11 is 0. The second kappa shape index (κ2) is 9.87. The van der Waals surface area contributed by atoms with Crippen LogP contribution in [-0.4, -0.2) is 49.6 Å². The Hall–Kier alpha value is -3.50. The lowest BCUT2D eigenvalue weighted by atomic mass is 9.99. The van der Waals surface area contributed by atoms with Gasteiger partial charge in [0.15, 0.2) is 5.69 Å². The van der Waals surface area contributed by atoms with Gasteiger partial charge in [0, 0.05) is 18.7 Å². The van der Waals surface area contributed by atoms with Gasteiger partial charge in [-0.1, -0.05) is 54.5 Å². The van der Waals surface area contributed by atoms with Crippen LogP contribution in [0, 0.1) is 5.92 Å². The largest absolute Gasteiger partial charge is 0.434 e. The molecule has 1 N–H and O–H groups in total. The highest BCUT2D eigenvalue weighted by Gasteiger charge is 2.40. The number of rotatable bonds is 6. The number of aliphatic hydroxyl groups excluding tert-OH is 1. The molecule has 0 bridgehead atoms. The van der Waals surface area contributed by atoms with Gasteiger partial charge < -0.3 is 14.5 Å². The van der Waals surface area contributed by atoms with E-state index in [1.165, 1.54) is 18.6 Å². The summed E-state index contributed by atoms with van der Waals surface area (Å²) in [4.78, 5) is 6.48. The zero-order chi connectivity index (χ0) is 25.3. The highest BCUT2D eigenvalue weighted by molar-refractivity contribution is 5.62. The van der Waals surface area contributed by atoms with E-state index in [0.29, 0.717) is 18.0 Å². The third kappa shape index (κ3) is 5.05. The maximum Gasteiger partial charge on any atom is 0.434 e. The fourth-order valence-corrected chi connectivity index (χ4v) is 4.65. The van der Waals surface area contributed by atoms with Gasteiger partial charge in [0.1, 0.15) is 0 Å². The number of β-amino-alcohol motifs (C(OH)–C–C–N with tert-alkyl or cyclic N) is 1. The van der Waals surface area contributed by atoms with Gasteiger partial charge >= 0.3 is 6.18 Å². The molecule has 1 saturated heterocycles. The van der Waals surface area contributed by atoms with Crippen molar-refractivity contribution in [1.29, 1.82) is 0 Å². The molecule has 10 heteroatoms. The molecule has 5 rings (SSSR count). The number of para-hydroxylation sites is 1. The monoisotopic (exact) mass is 497 g/mol. The van der Waals surface area contributed by atoms with Crippen molar-refractivity contribution < 1.29 is 22.8 Å². The van der Waals surface area contributed by atoms with Crippen LogP contribution in [0.25, 0.3) is 28.5 Å². The third-order valence-corrected chi connectivity index (χ3v) is 6.42. The van der Waals surface area contributed by atoms with Crippen LogP contribution in [0.15, 0.2) is 65.3 Å². The van der Waals surface area contributed by atoms with E-state index in [1.807, 2.05) is 0 Å². The third-order valence-electron chi connectivity index (χ3n) is 6.42. The highest BCUT2D eigenvalue weighted by atomic mass is 19.4. The number of aliphatic hydroxyl groups is 1. The molecule has 2 atom stereocenters. The maximum atomic E-state index is 14.0. The molecule has 2 unspecified atom stereocenters. The number of piperidine rings is 1. The van der Waals surface area contributed by atoms with Crippen LogP contribution in [0.4, 0.5) is 13.2 Å². The van der Waals surface area contributed by atoms with Gasteiger partial charge in [-0.2, -0.15) is 23.3 Å². The summed E-state index contributed by atoms with van der Waals surface area (Å²) in [6, 6.07) is 15.1. The van der Waals surface area contributed by atoms with Crippen LogP contribution >= 0.6 is 0 Å². The number of nitrogens with zero attached hydrogens (tertiary/aromatic N) is 5. The average Bonchev–Trinajstić information content (AvgIpc) is 3.52. The molecule has 188 valence electrons. The zero-order valence-corrected chi connectivity index (χ0v) is 19.7. The number of hydrogen-bond acceptors (Lipinski definition) is 6. The van der Waals surface area contributed by atoms with Gasteiger partial charge in [-0.3, -0.25) is 0 Å². The molecule has 36 heavy (non-hydrogen) atoms. The van der Waals surface area contributed by atoms with E-state index in [4.69, 9.17) is 4.52 Å². The molecule has 2 aromatic carbocycles. The van der Waals surface area contributed by atoms with Crippen LogP contribution in [0.5, 0.6) is 0 Å². The summed E-state index contributed by atoms with van der Waals surface area (Å²) in [5.41, 5.74) is 0.298. The summed E-state index contributed by atoms with van der Waals surface area (Å²) < 4.78 is 48.0. The average molecular weight is 498 g/mol. The minimum absolute atomic E-state index is 0.150. The van der Waals surface area contributed by atoms with Crippen LogP contribution < -0.4 is 0 Å². The molecule has 2 aromatic heterocycles. The number of benzene rings is 2. The fourth-order valence-electron chi connectivity index (χ4n) is 4.65. The van der Waals surface area contributed by atoms with Crippen molar-refractivity contribution >= 4 is 0 Å². The Morgan fingerprint density at radius 2 is 1.86 bits per heavy atom.